The van der Waals surface area contributed by atoms with Crippen molar-refractivity contribution in [1.29, 1.82) is 0 Å². The van der Waals surface area contributed by atoms with Crippen molar-refractivity contribution < 1.29 is 24.2 Å². The Labute approximate surface area is 163 Å². The molecule has 1 heterocycles. The molecule has 0 aliphatic carbocycles. The third kappa shape index (κ3) is 4.01. The predicted molar refractivity (Wildman–Crippen MR) is 106 cm³/mol. The summed E-state index contributed by atoms with van der Waals surface area (Å²) in [4.78, 5) is 22.6. The number of aryl methyl sites for hydroxylation is 2. The van der Waals surface area contributed by atoms with Crippen molar-refractivity contribution >= 4 is 22.8 Å². The number of hydrogen-bond donors (Lipinski definition) is 1. The van der Waals surface area contributed by atoms with Crippen LogP contribution in [0.15, 0.2) is 42.6 Å². The minimum absolute atomic E-state index is 0.108. The molecular weight excluding hydrogens is 358 g/mol. The van der Waals surface area contributed by atoms with E-state index in [1.165, 1.54) is 7.11 Å². The Bertz CT molecular complexity index is 1030. The van der Waals surface area contributed by atoms with E-state index in [-0.39, 0.29) is 6.42 Å². The number of carbonyl (C=O) groups excluding carboxylic acids is 1. The van der Waals surface area contributed by atoms with Gasteiger partial charge < -0.3 is 19.1 Å². The second-order valence-electron chi connectivity index (χ2n) is 6.71. The molecule has 0 amide bonds. The highest BCUT2D eigenvalue weighted by Gasteiger charge is 2.14. The third-order valence-corrected chi connectivity index (χ3v) is 4.85. The number of carboxylic acid groups (broad SMARTS) is 1. The summed E-state index contributed by atoms with van der Waals surface area (Å²) < 4.78 is 12.3. The monoisotopic (exact) mass is 381 g/mol. The maximum absolute atomic E-state index is 11.8. The van der Waals surface area contributed by atoms with Gasteiger partial charge in [-0.3, -0.25) is 4.79 Å². The number of ether oxygens (including phenoxy) is 2. The van der Waals surface area contributed by atoms with Gasteiger partial charge in [-0.25, -0.2) is 4.79 Å². The van der Waals surface area contributed by atoms with Gasteiger partial charge in [-0.1, -0.05) is 12.1 Å². The fourth-order valence-electron chi connectivity index (χ4n) is 3.41. The topological polar surface area (TPSA) is 77.8 Å². The van der Waals surface area contributed by atoms with Gasteiger partial charge in [-0.15, -0.1) is 0 Å². The van der Waals surface area contributed by atoms with Crippen molar-refractivity contribution in [3.05, 3.63) is 64.8 Å². The number of aliphatic carboxylic acids is 1. The molecule has 6 heteroatoms. The van der Waals surface area contributed by atoms with E-state index in [0.717, 1.165) is 27.6 Å². The van der Waals surface area contributed by atoms with Gasteiger partial charge in [0.1, 0.15) is 5.75 Å². The maximum Gasteiger partial charge on any atom is 0.337 e. The molecular formula is C22H23NO5. The molecule has 0 radical (unpaired) electrons. The van der Waals surface area contributed by atoms with Crippen LogP contribution in [-0.2, 0) is 29.4 Å². The van der Waals surface area contributed by atoms with E-state index in [2.05, 4.69) is 16.8 Å². The van der Waals surface area contributed by atoms with Crippen LogP contribution in [0.4, 0.5) is 0 Å². The molecule has 0 aliphatic heterocycles. The number of carbonyl (C=O) groups is 2. The zero-order valence-corrected chi connectivity index (χ0v) is 16.2. The number of fused-ring (bicyclic) bond motifs is 1. The average Bonchev–Trinajstić information content (AvgIpc) is 3.01. The Kier molecular flexibility index (Phi) is 5.68. The summed E-state index contributed by atoms with van der Waals surface area (Å²) in [6, 6.07) is 11.3. The normalized spacial score (nSPS) is 10.8. The third-order valence-electron chi connectivity index (χ3n) is 4.85. The van der Waals surface area contributed by atoms with Gasteiger partial charge in [-0.2, -0.15) is 0 Å². The van der Waals surface area contributed by atoms with Crippen LogP contribution in [0.25, 0.3) is 10.9 Å². The molecule has 0 aliphatic rings. The highest BCUT2D eigenvalue weighted by atomic mass is 16.5. The summed E-state index contributed by atoms with van der Waals surface area (Å²) >= 11 is 0. The molecule has 0 atom stereocenters. The number of nitrogens with zero attached hydrogens (tertiary/aromatic N) is 1. The smallest absolute Gasteiger partial charge is 0.337 e. The summed E-state index contributed by atoms with van der Waals surface area (Å²) in [5, 5.41) is 10.0. The standard InChI is InChI=1S/C22H23NO5/c1-23-13-17(18-10-14(4-8-19(18)23)5-9-21(24)25)11-15-6-7-16(22(26)28-3)12-20(15)27-2/h4,6-8,10,12-13H,5,9,11H2,1-3H3,(H,24,25). The van der Waals surface area contributed by atoms with Crippen LogP contribution < -0.4 is 4.74 Å². The summed E-state index contributed by atoms with van der Waals surface area (Å²) in [6.07, 6.45) is 3.30. The molecule has 6 nitrogen and oxygen atoms in total. The van der Waals surface area contributed by atoms with E-state index in [4.69, 9.17) is 14.6 Å². The molecule has 2 aromatic carbocycles. The molecule has 0 saturated heterocycles. The maximum atomic E-state index is 11.8. The zero-order valence-electron chi connectivity index (χ0n) is 16.2. The van der Waals surface area contributed by atoms with Crippen LogP contribution in [0.1, 0.15) is 33.5 Å². The number of hydrogen-bond acceptors (Lipinski definition) is 4. The lowest BCUT2D eigenvalue weighted by Crippen LogP contribution is -2.03. The second kappa shape index (κ2) is 8.17. The summed E-state index contributed by atoms with van der Waals surface area (Å²) in [5.41, 5.74) is 4.59. The van der Waals surface area contributed by atoms with Gasteiger partial charge in [0.25, 0.3) is 0 Å². The molecule has 146 valence electrons. The Morgan fingerprint density at radius 3 is 2.54 bits per heavy atom. The van der Waals surface area contributed by atoms with Crippen LogP contribution in [0, 0.1) is 0 Å². The average molecular weight is 381 g/mol. The van der Waals surface area contributed by atoms with Crippen LogP contribution in [0.5, 0.6) is 5.75 Å². The van der Waals surface area contributed by atoms with Crippen LogP contribution in [0.3, 0.4) is 0 Å². The molecule has 3 aromatic rings. The minimum Gasteiger partial charge on any atom is -0.496 e. The van der Waals surface area contributed by atoms with Crippen molar-refractivity contribution in [3.8, 4) is 5.75 Å². The van der Waals surface area contributed by atoms with E-state index in [1.807, 2.05) is 25.2 Å². The predicted octanol–water partition coefficient (Wildman–Crippen LogP) is 3.58. The Morgan fingerprint density at radius 2 is 1.86 bits per heavy atom. The van der Waals surface area contributed by atoms with Crippen molar-refractivity contribution in [2.75, 3.05) is 14.2 Å². The molecule has 0 bridgehead atoms. The van der Waals surface area contributed by atoms with E-state index < -0.39 is 11.9 Å². The first-order chi connectivity index (χ1) is 13.4. The van der Waals surface area contributed by atoms with Crippen LogP contribution in [-0.4, -0.2) is 35.8 Å². The first-order valence-corrected chi connectivity index (χ1v) is 8.96. The lowest BCUT2D eigenvalue weighted by Gasteiger charge is -2.10. The largest absolute Gasteiger partial charge is 0.496 e. The molecule has 0 spiro atoms. The fourth-order valence-corrected chi connectivity index (χ4v) is 3.41. The number of benzene rings is 2. The van der Waals surface area contributed by atoms with Gasteiger partial charge in [0, 0.05) is 37.0 Å². The van der Waals surface area contributed by atoms with Crippen molar-refractivity contribution in [2.45, 2.75) is 19.3 Å². The fraction of sp³-hybridized carbons (Fsp3) is 0.273. The van der Waals surface area contributed by atoms with Gasteiger partial charge >= 0.3 is 11.9 Å². The van der Waals surface area contributed by atoms with Crippen LogP contribution in [0.2, 0.25) is 0 Å². The summed E-state index contributed by atoms with van der Waals surface area (Å²) in [7, 11) is 4.91. The van der Waals surface area contributed by atoms with E-state index in [9.17, 15) is 9.59 Å². The van der Waals surface area contributed by atoms with Crippen molar-refractivity contribution in [1.82, 2.24) is 4.57 Å². The number of rotatable bonds is 7. The summed E-state index contributed by atoms with van der Waals surface area (Å²) in [6.45, 7) is 0. The van der Waals surface area contributed by atoms with Crippen molar-refractivity contribution in [2.24, 2.45) is 7.05 Å². The number of carboxylic acids is 1. The van der Waals surface area contributed by atoms with Gasteiger partial charge in [-0.05, 0) is 47.4 Å². The first kappa shape index (κ1) is 19.5. The zero-order chi connectivity index (χ0) is 20.3. The first-order valence-electron chi connectivity index (χ1n) is 8.96. The Morgan fingerprint density at radius 1 is 1.07 bits per heavy atom. The molecule has 0 saturated carbocycles. The van der Waals surface area contributed by atoms with E-state index in [0.29, 0.717) is 24.2 Å². The molecule has 0 fully saturated rings. The molecule has 3 rings (SSSR count). The molecule has 0 unspecified atom stereocenters. The number of esters is 1. The highest BCUT2D eigenvalue weighted by molar-refractivity contribution is 5.90. The lowest BCUT2D eigenvalue weighted by atomic mass is 10.00. The van der Waals surface area contributed by atoms with Gasteiger partial charge in [0.05, 0.1) is 19.8 Å². The number of aromatic nitrogens is 1. The highest BCUT2D eigenvalue weighted by Crippen LogP contribution is 2.29. The van der Waals surface area contributed by atoms with E-state index >= 15 is 0 Å². The Hall–Kier alpha value is -3.28. The number of methoxy groups -OCH3 is 2. The van der Waals surface area contributed by atoms with Gasteiger partial charge in [0.15, 0.2) is 0 Å². The SMILES string of the molecule is COC(=O)c1ccc(Cc2cn(C)c3ccc(CCC(=O)O)cc23)c(OC)c1. The summed E-state index contributed by atoms with van der Waals surface area (Å²) in [5.74, 6) is -0.580. The molecule has 1 N–H and O–H groups in total. The quantitative estimate of drug-likeness (QED) is 0.633. The van der Waals surface area contributed by atoms with E-state index in [1.54, 1.807) is 19.2 Å². The minimum atomic E-state index is -0.802. The molecule has 28 heavy (non-hydrogen) atoms. The molecule has 1 aromatic heterocycles. The Balaban J connectivity index is 1.96. The van der Waals surface area contributed by atoms with Crippen molar-refractivity contribution in [3.63, 3.8) is 0 Å². The van der Waals surface area contributed by atoms with Gasteiger partial charge in [0.2, 0.25) is 0 Å². The van der Waals surface area contributed by atoms with Crippen LogP contribution >= 0.6 is 0 Å². The second-order valence-corrected chi connectivity index (χ2v) is 6.71. The lowest BCUT2D eigenvalue weighted by molar-refractivity contribution is -0.136.